The third-order valence-electron chi connectivity index (χ3n) is 3.36. The zero-order chi connectivity index (χ0) is 12.5. The molecule has 1 aliphatic rings. The summed E-state index contributed by atoms with van der Waals surface area (Å²) < 4.78 is 3.32. The van der Waals surface area contributed by atoms with E-state index in [1.54, 1.807) is 0 Å². The molecule has 4 nitrogen and oxygen atoms in total. The number of nitrogens with zero attached hydrogens (tertiary/aromatic N) is 3. The summed E-state index contributed by atoms with van der Waals surface area (Å²) in [5, 5.41) is 11.8. The minimum absolute atomic E-state index is 0.515. The van der Waals surface area contributed by atoms with Crippen LogP contribution in [0.25, 0.3) is 0 Å². The second-order valence-corrected chi connectivity index (χ2v) is 5.59. The molecule has 1 aliphatic heterocycles. The van der Waals surface area contributed by atoms with Crippen molar-refractivity contribution in [2.45, 2.75) is 19.4 Å². The molecule has 0 atom stereocenters. The van der Waals surface area contributed by atoms with Gasteiger partial charge in [-0.05, 0) is 24.6 Å². The Morgan fingerprint density at radius 1 is 1.28 bits per heavy atom. The van der Waals surface area contributed by atoms with Gasteiger partial charge in [0.2, 0.25) is 0 Å². The van der Waals surface area contributed by atoms with Gasteiger partial charge in [0.15, 0.2) is 0 Å². The van der Waals surface area contributed by atoms with Crippen LogP contribution in [0.5, 0.6) is 0 Å². The fourth-order valence-corrected chi connectivity index (χ4v) is 2.40. The van der Waals surface area contributed by atoms with Crippen molar-refractivity contribution in [1.29, 1.82) is 0 Å². The maximum atomic E-state index is 4.32. The molecular weight excluding hydrogens is 292 g/mol. The van der Waals surface area contributed by atoms with Gasteiger partial charge in [-0.15, -0.1) is 10.2 Å². The molecule has 1 saturated heterocycles. The zero-order valence-corrected chi connectivity index (χ0v) is 11.8. The average molecular weight is 307 g/mol. The largest absolute Gasteiger partial charge is 0.315 e. The first-order valence-electron chi connectivity index (χ1n) is 6.09. The lowest BCUT2D eigenvalue weighted by atomic mass is 10.0. The van der Waals surface area contributed by atoms with Gasteiger partial charge in [-0.3, -0.25) is 0 Å². The number of halogens is 1. The van der Waals surface area contributed by atoms with E-state index in [0.717, 1.165) is 35.8 Å². The van der Waals surface area contributed by atoms with Crippen LogP contribution in [0.3, 0.4) is 0 Å². The first-order chi connectivity index (χ1) is 8.74. The smallest absolute Gasteiger partial charge is 0.139 e. The van der Waals surface area contributed by atoms with Gasteiger partial charge in [-0.2, -0.15) is 0 Å². The Labute approximate surface area is 115 Å². The standard InChI is InChI=1S/C13H15BrN4/c1-9-16-17-13(11-6-15-7-11)18(9)8-10-2-4-12(14)5-3-10/h2-5,11,15H,6-8H2,1H3. The molecular formula is C13H15BrN4. The third-order valence-corrected chi connectivity index (χ3v) is 3.89. The highest BCUT2D eigenvalue weighted by Gasteiger charge is 2.25. The second kappa shape index (κ2) is 4.82. The van der Waals surface area contributed by atoms with E-state index in [2.05, 4.69) is 60.3 Å². The monoisotopic (exact) mass is 306 g/mol. The molecule has 0 aliphatic carbocycles. The molecule has 3 rings (SSSR count). The number of aromatic nitrogens is 3. The molecule has 0 spiro atoms. The molecule has 94 valence electrons. The van der Waals surface area contributed by atoms with Crippen molar-refractivity contribution >= 4 is 15.9 Å². The van der Waals surface area contributed by atoms with Gasteiger partial charge in [-0.1, -0.05) is 28.1 Å². The fourth-order valence-electron chi connectivity index (χ4n) is 2.14. The summed E-state index contributed by atoms with van der Waals surface area (Å²) in [6.07, 6.45) is 0. The molecule has 1 aromatic heterocycles. The number of hydrogen-bond acceptors (Lipinski definition) is 3. The van der Waals surface area contributed by atoms with Crippen molar-refractivity contribution < 1.29 is 0 Å². The Balaban J connectivity index is 1.87. The lowest BCUT2D eigenvalue weighted by molar-refractivity contribution is 0.416. The summed E-state index contributed by atoms with van der Waals surface area (Å²) >= 11 is 3.46. The topological polar surface area (TPSA) is 42.7 Å². The Kier molecular flexibility index (Phi) is 3.18. The van der Waals surface area contributed by atoms with E-state index >= 15 is 0 Å². The highest BCUT2D eigenvalue weighted by molar-refractivity contribution is 9.10. The van der Waals surface area contributed by atoms with Gasteiger partial charge in [0, 0.05) is 23.5 Å². The molecule has 18 heavy (non-hydrogen) atoms. The van der Waals surface area contributed by atoms with Crippen LogP contribution in [-0.2, 0) is 6.54 Å². The van der Waals surface area contributed by atoms with Crippen molar-refractivity contribution in [3.05, 3.63) is 46.0 Å². The molecule has 0 bridgehead atoms. The normalized spacial score (nSPS) is 15.7. The van der Waals surface area contributed by atoms with E-state index in [1.807, 2.05) is 6.92 Å². The van der Waals surface area contributed by atoms with Gasteiger partial charge in [0.05, 0.1) is 6.54 Å². The number of benzene rings is 1. The minimum Gasteiger partial charge on any atom is -0.315 e. The number of hydrogen-bond donors (Lipinski definition) is 1. The van der Waals surface area contributed by atoms with Gasteiger partial charge in [-0.25, -0.2) is 0 Å². The van der Waals surface area contributed by atoms with Gasteiger partial charge < -0.3 is 9.88 Å². The molecule has 0 amide bonds. The molecule has 1 fully saturated rings. The van der Waals surface area contributed by atoms with Crippen molar-refractivity contribution in [3.63, 3.8) is 0 Å². The molecule has 2 aromatic rings. The van der Waals surface area contributed by atoms with Crippen molar-refractivity contribution in [3.8, 4) is 0 Å². The average Bonchev–Trinajstić information content (AvgIpc) is 2.63. The SMILES string of the molecule is Cc1nnc(C2CNC2)n1Cc1ccc(Br)cc1. The summed E-state index contributed by atoms with van der Waals surface area (Å²) in [6.45, 7) is 4.89. The van der Waals surface area contributed by atoms with Gasteiger partial charge in [0.25, 0.3) is 0 Å². The third kappa shape index (κ3) is 2.20. The first-order valence-corrected chi connectivity index (χ1v) is 6.88. The molecule has 0 saturated carbocycles. The number of aryl methyl sites for hydroxylation is 1. The maximum Gasteiger partial charge on any atom is 0.139 e. The summed E-state index contributed by atoms with van der Waals surface area (Å²) in [7, 11) is 0. The fraction of sp³-hybridized carbons (Fsp3) is 0.385. The molecule has 0 radical (unpaired) electrons. The van der Waals surface area contributed by atoms with E-state index < -0.39 is 0 Å². The van der Waals surface area contributed by atoms with Crippen LogP contribution >= 0.6 is 15.9 Å². The molecule has 1 N–H and O–H groups in total. The van der Waals surface area contributed by atoms with E-state index in [4.69, 9.17) is 0 Å². The van der Waals surface area contributed by atoms with E-state index in [0.29, 0.717) is 5.92 Å². The van der Waals surface area contributed by atoms with Crippen LogP contribution in [0.2, 0.25) is 0 Å². The summed E-state index contributed by atoms with van der Waals surface area (Å²) in [5.41, 5.74) is 1.27. The summed E-state index contributed by atoms with van der Waals surface area (Å²) in [5.74, 6) is 2.61. The minimum atomic E-state index is 0.515. The van der Waals surface area contributed by atoms with Crippen molar-refractivity contribution in [2.24, 2.45) is 0 Å². The lowest BCUT2D eigenvalue weighted by Crippen LogP contribution is -2.41. The Bertz CT molecular complexity index is 543. The van der Waals surface area contributed by atoms with Gasteiger partial charge in [0.1, 0.15) is 11.6 Å². The van der Waals surface area contributed by atoms with Crippen LogP contribution < -0.4 is 5.32 Å². The summed E-state index contributed by atoms with van der Waals surface area (Å²) in [6, 6.07) is 8.40. The van der Waals surface area contributed by atoms with Gasteiger partial charge >= 0.3 is 0 Å². The number of rotatable bonds is 3. The van der Waals surface area contributed by atoms with Crippen LogP contribution in [0.15, 0.2) is 28.7 Å². The Hall–Kier alpha value is -1.20. The predicted molar refractivity (Wildman–Crippen MR) is 73.6 cm³/mol. The summed E-state index contributed by atoms with van der Waals surface area (Å²) in [4.78, 5) is 0. The van der Waals surface area contributed by atoms with Crippen LogP contribution in [0.1, 0.15) is 23.1 Å². The van der Waals surface area contributed by atoms with Crippen LogP contribution in [0, 0.1) is 6.92 Å². The second-order valence-electron chi connectivity index (χ2n) is 4.67. The van der Waals surface area contributed by atoms with E-state index in [1.165, 1.54) is 5.56 Å². The first kappa shape index (κ1) is 11.9. The zero-order valence-electron chi connectivity index (χ0n) is 10.2. The lowest BCUT2D eigenvalue weighted by Gasteiger charge is -2.26. The van der Waals surface area contributed by atoms with Crippen molar-refractivity contribution in [1.82, 2.24) is 20.1 Å². The molecule has 5 heteroatoms. The predicted octanol–water partition coefficient (Wildman–Crippen LogP) is 2.08. The molecule has 0 unspecified atom stereocenters. The Morgan fingerprint density at radius 3 is 2.61 bits per heavy atom. The van der Waals surface area contributed by atoms with Crippen LogP contribution in [0.4, 0.5) is 0 Å². The Morgan fingerprint density at radius 2 is 2.00 bits per heavy atom. The highest BCUT2D eigenvalue weighted by atomic mass is 79.9. The van der Waals surface area contributed by atoms with E-state index in [-0.39, 0.29) is 0 Å². The maximum absolute atomic E-state index is 4.32. The van der Waals surface area contributed by atoms with E-state index in [9.17, 15) is 0 Å². The van der Waals surface area contributed by atoms with Crippen LogP contribution in [-0.4, -0.2) is 27.9 Å². The quantitative estimate of drug-likeness (QED) is 0.944. The van der Waals surface area contributed by atoms with Crippen molar-refractivity contribution in [2.75, 3.05) is 13.1 Å². The number of nitrogens with one attached hydrogen (secondary N) is 1. The molecule has 1 aromatic carbocycles. The molecule has 2 heterocycles. The highest BCUT2D eigenvalue weighted by Crippen LogP contribution is 2.20.